The molecule has 3 nitrogen and oxygen atoms in total. The van der Waals surface area contributed by atoms with E-state index in [0.717, 1.165) is 5.56 Å². The molecule has 0 unspecified atom stereocenters. The van der Waals surface area contributed by atoms with Gasteiger partial charge in [0.2, 0.25) is 0 Å². The normalized spacial score (nSPS) is 11.8. The smallest absolute Gasteiger partial charge is 0.131 e. The monoisotopic (exact) mass is 285 g/mol. The molecule has 0 saturated heterocycles. The summed E-state index contributed by atoms with van der Waals surface area (Å²) in [6.07, 6.45) is -0.661. The average Bonchev–Trinajstić information content (AvgIpc) is 2.45. The highest BCUT2D eigenvalue weighted by molar-refractivity contribution is 5.39. The SMILES string of the molecule is Cc1ccc([C@@H](C)O)c(OCc2ccc(C#N)cc2F)c1. The lowest BCUT2D eigenvalue weighted by Crippen LogP contribution is -2.03. The molecule has 0 aliphatic carbocycles. The van der Waals surface area contributed by atoms with Crippen molar-refractivity contribution in [2.24, 2.45) is 0 Å². The van der Waals surface area contributed by atoms with Crippen LogP contribution in [0.2, 0.25) is 0 Å². The molecule has 0 fully saturated rings. The average molecular weight is 285 g/mol. The van der Waals surface area contributed by atoms with Gasteiger partial charge < -0.3 is 9.84 Å². The van der Waals surface area contributed by atoms with Crippen molar-refractivity contribution < 1.29 is 14.2 Å². The molecule has 0 saturated carbocycles. The van der Waals surface area contributed by atoms with E-state index in [-0.39, 0.29) is 12.2 Å². The number of aryl methyl sites for hydroxylation is 1. The van der Waals surface area contributed by atoms with Crippen LogP contribution in [0.4, 0.5) is 4.39 Å². The first kappa shape index (κ1) is 15.0. The standard InChI is InChI=1S/C17H16FNO2/c1-11-3-6-15(12(2)20)17(7-11)21-10-14-5-4-13(9-19)8-16(14)18/h3-8,12,20H,10H2,1-2H3/t12-/m1/s1. The highest BCUT2D eigenvalue weighted by Gasteiger charge is 2.11. The molecule has 0 bridgehead atoms. The largest absolute Gasteiger partial charge is 0.488 e. The Morgan fingerprint density at radius 2 is 2.05 bits per heavy atom. The van der Waals surface area contributed by atoms with Crippen LogP contribution in [-0.2, 0) is 6.61 Å². The predicted molar refractivity (Wildman–Crippen MR) is 77.3 cm³/mol. The molecule has 0 aliphatic heterocycles. The Hall–Kier alpha value is -2.38. The first-order valence-corrected chi connectivity index (χ1v) is 6.61. The molecule has 21 heavy (non-hydrogen) atoms. The second kappa shape index (κ2) is 6.38. The zero-order chi connectivity index (χ0) is 15.4. The van der Waals surface area contributed by atoms with Crippen molar-refractivity contribution in [2.75, 3.05) is 0 Å². The van der Waals surface area contributed by atoms with Crippen LogP contribution in [0.15, 0.2) is 36.4 Å². The van der Waals surface area contributed by atoms with E-state index in [9.17, 15) is 9.50 Å². The van der Waals surface area contributed by atoms with Gasteiger partial charge in [-0.05, 0) is 37.6 Å². The van der Waals surface area contributed by atoms with E-state index in [0.29, 0.717) is 16.9 Å². The zero-order valence-corrected chi connectivity index (χ0v) is 11.9. The number of aliphatic hydroxyl groups is 1. The fourth-order valence-electron chi connectivity index (χ4n) is 2.00. The number of aliphatic hydroxyl groups excluding tert-OH is 1. The zero-order valence-electron chi connectivity index (χ0n) is 11.9. The minimum atomic E-state index is -0.661. The summed E-state index contributed by atoms with van der Waals surface area (Å²) in [4.78, 5) is 0. The molecule has 0 radical (unpaired) electrons. The van der Waals surface area contributed by atoms with Gasteiger partial charge in [0, 0.05) is 11.1 Å². The highest BCUT2D eigenvalue weighted by Crippen LogP contribution is 2.27. The van der Waals surface area contributed by atoms with Crippen LogP contribution in [0.3, 0.4) is 0 Å². The van der Waals surface area contributed by atoms with E-state index in [4.69, 9.17) is 10.00 Å². The Bertz CT molecular complexity index is 690. The van der Waals surface area contributed by atoms with E-state index in [1.54, 1.807) is 19.1 Å². The van der Waals surface area contributed by atoms with E-state index in [1.165, 1.54) is 12.1 Å². The second-order valence-corrected chi connectivity index (χ2v) is 4.92. The minimum Gasteiger partial charge on any atom is -0.488 e. The molecule has 108 valence electrons. The quantitative estimate of drug-likeness (QED) is 0.933. The fourth-order valence-corrected chi connectivity index (χ4v) is 2.00. The van der Waals surface area contributed by atoms with Crippen molar-refractivity contribution in [3.05, 3.63) is 64.5 Å². The summed E-state index contributed by atoms with van der Waals surface area (Å²) < 4.78 is 19.4. The van der Waals surface area contributed by atoms with Gasteiger partial charge in [-0.1, -0.05) is 18.2 Å². The Kier molecular flexibility index (Phi) is 4.56. The van der Waals surface area contributed by atoms with Crippen molar-refractivity contribution >= 4 is 0 Å². The second-order valence-electron chi connectivity index (χ2n) is 4.92. The van der Waals surface area contributed by atoms with Gasteiger partial charge in [0.05, 0.1) is 17.7 Å². The first-order chi connectivity index (χ1) is 10.0. The third-order valence-corrected chi connectivity index (χ3v) is 3.18. The maximum Gasteiger partial charge on any atom is 0.131 e. The van der Waals surface area contributed by atoms with Crippen LogP contribution in [0.5, 0.6) is 5.75 Å². The Morgan fingerprint density at radius 1 is 1.29 bits per heavy atom. The van der Waals surface area contributed by atoms with Crippen LogP contribution in [0, 0.1) is 24.1 Å². The molecule has 1 atom stereocenters. The number of rotatable bonds is 4. The van der Waals surface area contributed by atoms with Crippen LogP contribution >= 0.6 is 0 Å². The molecular formula is C17H16FNO2. The number of nitrogens with zero attached hydrogens (tertiary/aromatic N) is 1. The van der Waals surface area contributed by atoms with Gasteiger partial charge in [0.1, 0.15) is 18.2 Å². The van der Waals surface area contributed by atoms with Gasteiger partial charge in [-0.25, -0.2) is 4.39 Å². The molecule has 4 heteroatoms. The third-order valence-electron chi connectivity index (χ3n) is 3.18. The van der Waals surface area contributed by atoms with Gasteiger partial charge in [0.15, 0.2) is 0 Å². The molecular weight excluding hydrogens is 269 g/mol. The van der Waals surface area contributed by atoms with Crippen molar-refractivity contribution in [3.8, 4) is 11.8 Å². The number of nitriles is 1. The van der Waals surface area contributed by atoms with E-state index < -0.39 is 11.9 Å². The van der Waals surface area contributed by atoms with Crippen molar-refractivity contribution in [3.63, 3.8) is 0 Å². The summed E-state index contributed by atoms with van der Waals surface area (Å²) in [6, 6.07) is 11.6. The number of halogens is 1. The summed E-state index contributed by atoms with van der Waals surface area (Å²) in [7, 11) is 0. The number of benzene rings is 2. The van der Waals surface area contributed by atoms with Gasteiger partial charge in [-0.2, -0.15) is 5.26 Å². The molecule has 2 aromatic rings. The topological polar surface area (TPSA) is 53.2 Å². The summed E-state index contributed by atoms with van der Waals surface area (Å²) in [5, 5.41) is 18.4. The Labute approximate surface area is 123 Å². The van der Waals surface area contributed by atoms with Gasteiger partial charge in [-0.3, -0.25) is 0 Å². The number of ether oxygens (including phenoxy) is 1. The fraction of sp³-hybridized carbons (Fsp3) is 0.235. The van der Waals surface area contributed by atoms with Crippen LogP contribution in [0.25, 0.3) is 0 Å². The van der Waals surface area contributed by atoms with Gasteiger partial charge in [0.25, 0.3) is 0 Å². The molecule has 0 amide bonds. The lowest BCUT2D eigenvalue weighted by molar-refractivity contribution is 0.190. The molecule has 0 aliphatic rings. The molecule has 2 rings (SSSR count). The minimum absolute atomic E-state index is 0.0424. The molecule has 0 spiro atoms. The van der Waals surface area contributed by atoms with Crippen molar-refractivity contribution in [1.82, 2.24) is 0 Å². The van der Waals surface area contributed by atoms with Gasteiger partial charge in [-0.15, -0.1) is 0 Å². The molecule has 1 N–H and O–H groups in total. The first-order valence-electron chi connectivity index (χ1n) is 6.61. The van der Waals surface area contributed by atoms with Crippen molar-refractivity contribution in [2.45, 2.75) is 26.6 Å². The number of hydrogen-bond donors (Lipinski definition) is 1. The lowest BCUT2D eigenvalue weighted by Gasteiger charge is -2.14. The van der Waals surface area contributed by atoms with Crippen LogP contribution in [-0.4, -0.2) is 5.11 Å². The van der Waals surface area contributed by atoms with E-state index in [2.05, 4.69) is 0 Å². The summed E-state index contributed by atoms with van der Waals surface area (Å²) in [6.45, 7) is 3.61. The summed E-state index contributed by atoms with van der Waals surface area (Å²) >= 11 is 0. The molecule has 2 aromatic carbocycles. The third kappa shape index (κ3) is 3.59. The predicted octanol–water partition coefficient (Wildman–Crippen LogP) is 3.64. The Morgan fingerprint density at radius 3 is 2.67 bits per heavy atom. The van der Waals surface area contributed by atoms with E-state index >= 15 is 0 Å². The summed E-state index contributed by atoms with van der Waals surface area (Å²) in [5.74, 6) is 0.0639. The maximum absolute atomic E-state index is 13.8. The van der Waals surface area contributed by atoms with Gasteiger partial charge >= 0.3 is 0 Å². The Balaban J connectivity index is 2.20. The highest BCUT2D eigenvalue weighted by atomic mass is 19.1. The molecule has 0 heterocycles. The van der Waals surface area contributed by atoms with Crippen LogP contribution < -0.4 is 4.74 Å². The maximum atomic E-state index is 13.8. The van der Waals surface area contributed by atoms with E-state index in [1.807, 2.05) is 25.1 Å². The molecule has 0 aromatic heterocycles. The summed E-state index contributed by atoms with van der Waals surface area (Å²) in [5.41, 5.74) is 2.30. The number of hydrogen-bond acceptors (Lipinski definition) is 3. The lowest BCUT2D eigenvalue weighted by atomic mass is 10.1. The van der Waals surface area contributed by atoms with Crippen LogP contribution in [0.1, 0.15) is 35.3 Å². The van der Waals surface area contributed by atoms with Crippen molar-refractivity contribution in [1.29, 1.82) is 5.26 Å².